The number of aryl methyl sites for hydroxylation is 2. The molecule has 2 aromatic rings. The van der Waals surface area contributed by atoms with E-state index in [1.165, 1.54) is 12.1 Å². The molecule has 2 aromatic carbocycles. The maximum absolute atomic E-state index is 13.6. The summed E-state index contributed by atoms with van der Waals surface area (Å²) in [6.07, 6.45) is 4.52. The summed E-state index contributed by atoms with van der Waals surface area (Å²) in [6, 6.07) is 12.4. The number of hydrogen-bond donors (Lipinski definition) is 2. The molecule has 30 heavy (non-hydrogen) atoms. The Bertz CT molecular complexity index is 914. The minimum atomic E-state index is -0.697. The predicted molar refractivity (Wildman–Crippen MR) is 117 cm³/mol. The molecule has 2 N–H and O–H groups in total. The number of amides is 1. The summed E-state index contributed by atoms with van der Waals surface area (Å²) in [5, 5.41) is 14.4. The third-order valence-electron chi connectivity index (χ3n) is 6.89. The Balaban J connectivity index is 1.57. The van der Waals surface area contributed by atoms with Crippen LogP contribution in [0.25, 0.3) is 0 Å². The summed E-state index contributed by atoms with van der Waals surface area (Å²) >= 11 is 0. The highest BCUT2D eigenvalue weighted by molar-refractivity contribution is 5.93. The number of anilines is 1. The molecule has 0 bridgehead atoms. The molecule has 1 heterocycles. The topological polar surface area (TPSA) is 52.6 Å². The Kier molecular flexibility index (Phi) is 5.94. The molecule has 1 aliphatic carbocycles. The van der Waals surface area contributed by atoms with Crippen molar-refractivity contribution < 1.29 is 14.3 Å². The SMILES string of the molecule is Cc1ccc(NC(=O)CN2CC[C@]3(O)CCCC[C@@H]3[C@@H]2c2ccc(F)cc2)c(C)c1. The lowest BCUT2D eigenvalue weighted by molar-refractivity contribution is -0.135. The minimum Gasteiger partial charge on any atom is -0.389 e. The smallest absolute Gasteiger partial charge is 0.238 e. The van der Waals surface area contributed by atoms with Crippen molar-refractivity contribution in [2.75, 3.05) is 18.4 Å². The largest absolute Gasteiger partial charge is 0.389 e. The van der Waals surface area contributed by atoms with E-state index in [9.17, 15) is 14.3 Å². The zero-order valence-corrected chi connectivity index (χ0v) is 17.8. The Hall–Kier alpha value is -2.24. The lowest BCUT2D eigenvalue weighted by atomic mass is 9.66. The van der Waals surface area contributed by atoms with Crippen molar-refractivity contribution in [3.63, 3.8) is 0 Å². The molecular weight excluding hydrogens is 379 g/mol. The number of hydrogen-bond acceptors (Lipinski definition) is 3. The number of carbonyl (C=O) groups is 1. The van der Waals surface area contributed by atoms with E-state index in [-0.39, 0.29) is 30.2 Å². The molecule has 1 amide bonds. The van der Waals surface area contributed by atoms with Gasteiger partial charge in [0, 0.05) is 24.2 Å². The summed E-state index contributed by atoms with van der Waals surface area (Å²) in [4.78, 5) is 15.1. The van der Waals surface area contributed by atoms with Gasteiger partial charge in [0.15, 0.2) is 0 Å². The fraction of sp³-hybridized carbons (Fsp3) is 0.480. The summed E-state index contributed by atoms with van der Waals surface area (Å²) in [5.74, 6) is -0.276. The molecule has 0 aromatic heterocycles. The van der Waals surface area contributed by atoms with Crippen LogP contribution in [0.3, 0.4) is 0 Å². The van der Waals surface area contributed by atoms with Gasteiger partial charge >= 0.3 is 0 Å². The summed E-state index contributed by atoms with van der Waals surface area (Å²) in [6.45, 7) is 4.93. The first kappa shape index (κ1) is 21.0. The Morgan fingerprint density at radius 2 is 1.93 bits per heavy atom. The maximum Gasteiger partial charge on any atom is 0.238 e. The van der Waals surface area contributed by atoms with Crippen LogP contribution in [0.4, 0.5) is 10.1 Å². The zero-order chi connectivity index (χ0) is 21.3. The van der Waals surface area contributed by atoms with Crippen LogP contribution in [0, 0.1) is 25.6 Å². The highest BCUT2D eigenvalue weighted by Crippen LogP contribution is 2.49. The molecule has 0 spiro atoms. The maximum atomic E-state index is 13.6. The summed E-state index contributed by atoms with van der Waals surface area (Å²) < 4.78 is 13.6. The average Bonchev–Trinajstić information content (AvgIpc) is 2.71. The first-order valence-electron chi connectivity index (χ1n) is 10.9. The number of fused-ring (bicyclic) bond motifs is 1. The van der Waals surface area contributed by atoms with Gasteiger partial charge in [0.1, 0.15) is 5.82 Å². The fourth-order valence-corrected chi connectivity index (χ4v) is 5.35. The third kappa shape index (κ3) is 4.28. The van der Waals surface area contributed by atoms with Gasteiger partial charge in [0.2, 0.25) is 5.91 Å². The molecule has 5 heteroatoms. The molecule has 160 valence electrons. The van der Waals surface area contributed by atoms with E-state index in [1.807, 2.05) is 26.0 Å². The van der Waals surface area contributed by atoms with Gasteiger partial charge in [-0.05, 0) is 62.4 Å². The first-order chi connectivity index (χ1) is 14.4. The van der Waals surface area contributed by atoms with Gasteiger partial charge in [-0.25, -0.2) is 4.39 Å². The van der Waals surface area contributed by atoms with Crippen molar-refractivity contribution in [2.24, 2.45) is 5.92 Å². The van der Waals surface area contributed by atoms with Gasteiger partial charge < -0.3 is 10.4 Å². The van der Waals surface area contributed by atoms with Crippen LogP contribution in [-0.2, 0) is 4.79 Å². The molecule has 1 aliphatic heterocycles. The Labute approximate surface area is 178 Å². The van der Waals surface area contributed by atoms with Gasteiger partial charge in [-0.2, -0.15) is 0 Å². The van der Waals surface area contributed by atoms with Crippen molar-refractivity contribution in [1.29, 1.82) is 0 Å². The van der Waals surface area contributed by atoms with Crippen LogP contribution in [0.1, 0.15) is 54.8 Å². The van der Waals surface area contributed by atoms with Gasteiger partial charge in [-0.15, -0.1) is 0 Å². The highest BCUT2D eigenvalue weighted by atomic mass is 19.1. The van der Waals surface area contributed by atoms with Gasteiger partial charge in [-0.1, -0.05) is 42.7 Å². The summed E-state index contributed by atoms with van der Waals surface area (Å²) in [5.41, 5.74) is 3.31. The lowest BCUT2D eigenvalue weighted by Crippen LogP contribution is -2.56. The number of carbonyl (C=O) groups excluding carboxylic acids is 1. The van der Waals surface area contributed by atoms with Crippen LogP contribution < -0.4 is 5.32 Å². The van der Waals surface area contributed by atoms with Crippen LogP contribution >= 0.6 is 0 Å². The second-order valence-electron chi connectivity index (χ2n) is 9.04. The summed E-state index contributed by atoms with van der Waals surface area (Å²) in [7, 11) is 0. The molecule has 4 rings (SSSR count). The Morgan fingerprint density at radius 3 is 2.67 bits per heavy atom. The predicted octanol–water partition coefficient (Wildman–Crippen LogP) is 4.75. The Morgan fingerprint density at radius 1 is 1.17 bits per heavy atom. The second-order valence-corrected chi connectivity index (χ2v) is 9.04. The molecular formula is C25H31FN2O2. The van der Waals surface area contributed by atoms with Crippen LogP contribution in [-0.4, -0.2) is 34.6 Å². The number of aliphatic hydroxyl groups is 1. The molecule has 2 fully saturated rings. The zero-order valence-electron chi connectivity index (χ0n) is 17.8. The van der Waals surface area contributed by atoms with Crippen LogP contribution in [0.5, 0.6) is 0 Å². The first-order valence-corrected chi connectivity index (χ1v) is 10.9. The quantitative estimate of drug-likeness (QED) is 0.765. The molecule has 0 unspecified atom stereocenters. The highest BCUT2D eigenvalue weighted by Gasteiger charge is 2.49. The van der Waals surface area contributed by atoms with Crippen molar-refractivity contribution in [1.82, 2.24) is 4.90 Å². The number of piperidine rings is 1. The molecule has 1 saturated heterocycles. The van der Waals surface area contributed by atoms with E-state index in [4.69, 9.17) is 0 Å². The number of benzene rings is 2. The molecule has 0 radical (unpaired) electrons. The van der Waals surface area contributed by atoms with Crippen molar-refractivity contribution >= 4 is 11.6 Å². The van der Waals surface area contributed by atoms with E-state index >= 15 is 0 Å². The standard InChI is InChI=1S/C25H31FN2O2/c1-17-6-11-22(18(2)15-17)27-23(29)16-28-14-13-25(30)12-4-3-5-21(25)24(28)19-7-9-20(26)10-8-19/h6-11,15,21,24,30H,3-5,12-14,16H2,1-2H3,(H,27,29)/t21-,24+,25-/m1/s1. The van der Waals surface area contributed by atoms with E-state index < -0.39 is 5.60 Å². The number of nitrogens with one attached hydrogen (secondary N) is 1. The van der Waals surface area contributed by atoms with E-state index in [2.05, 4.69) is 16.3 Å². The van der Waals surface area contributed by atoms with E-state index in [0.717, 1.165) is 48.1 Å². The minimum absolute atomic E-state index is 0.0550. The number of rotatable bonds is 4. The number of nitrogens with zero attached hydrogens (tertiary/aromatic N) is 1. The molecule has 4 nitrogen and oxygen atoms in total. The fourth-order valence-electron chi connectivity index (χ4n) is 5.35. The lowest BCUT2D eigenvalue weighted by Gasteiger charge is -2.52. The van der Waals surface area contributed by atoms with Crippen molar-refractivity contribution in [3.05, 3.63) is 65.0 Å². The molecule has 1 saturated carbocycles. The second kappa shape index (κ2) is 8.48. The van der Waals surface area contributed by atoms with Crippen molar-refractivity contribution in [2.45, 2.75) is 57.6 Å². The average molecular weight is 411 g/mol. The van der Waals surface area contributed by atoms with E-state index in [0.29, 0.717) is 13.0 Å². The number of likely N-dealkylation sites (tertiary alicyclic amines) is 1. The van der Waals surface area contributed by atoms with Crippen LogP contribution in [0.15, 0.2) is 42.5 Å². The number of halogens is 1. The van der Waals surface area contributed by atoms with Gasteiger partial charge in [0.25, 0.3) is 0 Å². The van der Waals surface area contributed by atoms with Gasteiger partial charge in [0.05, 0.1) is 12.1 Å². The van der Waals surface area contributed by atoms with Gasteiger partial charge in [-0.3, -0.25) is 9.69 Å². The van der Waals surface area contributed by atoms with Crippen LogP contribution in [0.2, 0.25) is 0 Å². The molecule has 2 aliphatic rings. The monoisotopic (exact) mass is 410 g/mol. The molecule has 3 atom stereocenters. The van der Waals surface area contributed by atoms with Crippen molar-refractivity contribution in [3.8, 4) is 0 Å². The van der Waals surface area contributed by atoms with E-state index in [1.54, 1.807) is 12.1 Å². The normalized spacial score (nSPS) is 26.8. The third-order valence-corrected chi connectivity index (χ3v) is 6.89.